The minimum atomic E-state index is -4.26. The third-order valence-corrected chi connectivity index (χ3v) is 7.02. The van der Waals surface area contributed by atoms with Gasteiger partial charge in [0.25, 0.3) is 0 Å². The van der Waals surface area contributed by atoms with E-state index in [1.54, 1.807) is 12.1 Å². The zero-order chi connectivity index (χ0) is 21.7. The topological polar surface area (TPSA) is 69.6 Å². The van der Waals surface area contributed by atoms with Gasteiger partial charge in [0.2, 0.25) is 0 Å². The molecule has 0 amide bonds. The van der Waals surface area contributed by atoms with Crippen molar-refractivity contribution < 1.29 is 13.0 Å². The lowest BCUT2D eigenvalue weighted by molar-refractivity contribution is 0.467. The van der Waals surface area contributed by atoms with E-state index in [1.807, 2.05) is 12.1 Å². The predicted molar refractivity (Wildman–Crippen MR) is 127 cm³/mol. The van der Waals surface area contributed by atoms with Crippen LogP contribution in [0.15, 0.2) is 24.3 Å². The molecule has 6 heteroatoms. The summed E-state index contributed by atoms with van der Waals surface area (Å²) in [4.78, 5) is 0. The molecule has 1 aromatic rings. The van der Waals surface area contributed by atoms with Gasteiger partial charge in [0.1, 0.15) is 6.17 Å². The van der Waals surface area contributed by atoms with Crippen molar-refractivity contribution in [2.24, 2.45) is 0 Å². The van der Waals surface area contributed by atoms with Gasteiger partial charge in [-0.15, -0.1) is 0 Å². The van der Waals surface area contributed by atoms with Gasteiger partial charge in [0.05, 0.1) is 11.4 Å². The molecule has 0 aliphatic carbocycles. The summed E-state index contributed by atoms with van der Waals surface area (Å²) in [6.07, 6.45) is 20.0. The third-order valence-electron chi connectivity index (χ3n) is 6.08. The molecule has 172 valence electrons. The van der Waals surface area contributed by atoms with Gasteiger partial charge >= 0.3 is 10.3 Å². The molecule has 0 saturated carbocycles. The van der Waals surface area contributed by atoms with Gasteiger partial charge in [-0.05, 0) is 25.0 Å². The quantitative estimate of drug-likeness (QED) is 0.198. The molecule has 1 heterocycles. The van der Waals surface area contributed by atoms with Crippen LogP contribution in [0.5, 0.6) is 0 Å². The Morgan fingerprint density at radius 1 is 0.800 bits per heavy atom. The number of anilines is 2. The fourth-order valence-corrected chi connectivity index (χ4v) is 5.26. The smallest absolute Gasteiger partial charge is 0.361 e. The Morgan fingerprint density at radius 2 is 1.27 bits per heavy atom. The van der Waals surface area contributed by atoms with Crippen molar-refractivity contribution in [2.75, 3.05) is 9.62 Å². The summed E-state index contributed by atoms with van der Waals surface area (Å²) >= 11 is 0. The number of fused-ring (bicyclic) bond motifs is 1. The maximum absolute atomic E-state index is 11.8. The first-order valence-corrected chi connectivity index (χ1v) is 13.6. The Hall–Kier alpha value is -1.27. The molecule has 0 fully saturated rings. The lowest BCUT2D eigenvalue weighted by Crippen LogP contribution is -2.40. The van der Waals surface area contributed by atoms with Crippen molar-refractivity contribution in [3.05, 3.63) is 24.3 Å². The molecule has 2 rings (SSSR count). The lowest BCUT2D eigenvalue weighted by atomic mass is 10.0. The second kappa shape index (κ2) is 13.9. The first-order chi connectivity index (χ1) is 14.5. The van der Waals surface area contributed by atoms with Gasteiger partial charge < -0.3 is 5.32 Å². The molecule has 2 N–H and O–H groups in total. The average molecular weight is 439 g/mol. The summed E-state index contributed by atoms with van der Waals surface area (Å²) in [6.45, 7) is 2.27. The molecule has 1 unspecified atom stereocenters. The number of nitrogens with one attached hydrogen (secondary N) is 1. The van der Waals surface area contributed by atoms with Crippen molar-refractivity contribution in [2.45, 2.75) is 116 Å². The van der Waals surface area contributed by atoms with Crippen molar-refractivity contribution in [3.8, 4) is 0 Å². The number of hydrogen-bond acceptors (Lipinski definition) is 3. The van der Waals surface area contributed by atoms with Crippen LogP contribution in [0.3, 0.4) is 0 Å². The molecule has 5 nitrogen and oxygen atoms in total. The van der Waals surface area contributed by atoms with E-state index >= 15 is 0 Å². The molecule has 30 heavy (non-hydrogen) atoms. The zero-order valence-electron chi connectivity index (χ0n) is 18.8. The molecule has 1 aliphatic heterocycles. The fourth-order valence-electron chi connectivity index (χ4n) is 4.38. The van der Waals surface area contributed by atoms with Gasteiger partial charge in [0.15, 0.2) is 0 Å². The van der Waals surface area contributed by atoms with Crippen LogP contribution in [0.1, 0.15) is 110 Å². The fraction of sp³-hybridized carbons (Fsp3) is 0.750. The summed E-state index contributed by atoms with van der Waals surface area (Å²) < 4.78 is 34.4. The van der Waals surface area contributed by atoms with E-state index in [-0.39, 0.29) is 6.17 Å². The number of rotatable bonds is 17. The van der Waals surface area contributed by atoms with Gasteiger partial charge in [-0.1, -0.05) is 109 Å². The Labute approximate surface area is 184 Å². The normalized spacial score (nSPS) is 15.9. The van der Waals surface area contributed by atoms with Crippen molar-refractivity contribution in [1.82, 2.24) is 0 Å². The van der Waals surface area contributed by atoms with E-state index in [0.29, 0.717) is 12.1 Å². The van der Waals surface area contributed by atoms with Crippen LogP contribution in [0, 0.1) is 0 Å². The largest absolute Gasteiger partial charge is 0.363 e. The Kier molecular flexibility index (Phi) is 11.6. The number of para-hydroxylation sites is 2. The van der Waals surface area contributed by atoms with E-state index in [1.165, 1.54) is 83.5 Å². The molecule has 0 saturated heterocycles. The van der Waals surface area contributed by atoms with Crippen LogP contribution in [0.25, 0.3) is 0 Å². The monoisotopic (exact) mass is 438 g/mol. The Morgan fingerprint density at radius 3 is 1.77 bits per heavy atom. The standard InChI is InChI=1S/C24H42N2O3S/c1-2-3-4-5-6-7-8-9-10-11-12-13-14-15-16-21-24-25-22-19-17-18-20-23(22)26(24)30(27,28)29/h17-20,24-25H,2-16,21H2,1H3,(H,27,28,29). The van der Waals surface area contributed by atoms with Crippen LogP contribution in [0.2, 0.25) is 0 Å². The maximum Gasteiger partial charge on any atom is 0.361 e. The van der Waals surface area contributed by atoms with Crippen molar-refractivity contribution in [3.63, 3.8) is 0 Å². The predicted octanol–water partition coefficient (Wildman–Crippen LogP) is 7.31. The van der Waals surface area contributed by atoms with Crippen molar-refractivity contribution in [1.29, 1.82) is 0 Å². The van der Waals surface area contributed by atoms with Gasteiger partial charge in [-0.25, -0.2) is 4.31 Å². The highest BCUT2D eigenvalue weighted by Gasteiger charge is 2.35. The minimum Gasteiger partial charge on any atom is -0.363 e. The van der Waals surface area contributed by atoms with Crippen LogP contribution >= 0.6 is 0 Å². The van der Waals surface area contributed by atoms with E-state index in [4.69, 9.17) is 0 Å². The average Bonchev–Trinajstić information content (AvgIpc) is 3.09. The summed E-state index contributed by atoms with van der Waals surface area (Å²) in [7, 11) is -4.26. The number of hydrogen-bond donors (Lipinski definition) is 2. The van der Waals surface area contributed by atoms with E-state index < -0.39 is 10.3 Å². The molecule has 0 bridgehead atoms. The van der Waals surface area contributed by atoms with Gasteiger partial charge in [-0.2, -0.15) is 8.42 Å². The second-order valence-corrected chi connectivity index (χ2v) is 9.98. The molecule has 0 spiro atoms. The van der Waals surface area contributed by atoms with Crippen LogP contribution in [-0.2, 0) is 10.3 Å². The Balaban J connectivity index is 1.48. The number of unbranched alkanes of at least 4 members (excludes halogenated alkanes) is 14. The first-order valence-electron chi connectivity index (χ1n) is 12.2. The highest BCUT2D eigenvalue weighted by atomic mass is 32.2. The summed E-state index contributed by atoms with van der Waals surface area (Å²) in [6, 6.07) is 7.22. The molecule has 1 aliphatic rings. The summed E-state index contributed by atoms with van der Waals surface area (Å²) in [5.41, 5.74) is 1.30. The number of benzene rings is 1. The molecular weight excluding hydrogens is 396 g/mol. The minimum absolute atomic E-state index is 0.389. The van der Waals surface area contributed by atoms with Gasteiger partial charge in [-0.3, -0.25) is 4.55 Å². The third kappa shape index (κ3) is 8.84. The molecular formula is C24H42N2O3S. The first kappa shape index (κ1) is 25.0. The molecule has 0 aromatic heterocycles. The Bertz CT molecular complexity index is 693. The highest BCUT2D eigenvalue weighted by molar-refractivity contribution is 7.87. The maximum atomic E-state index is 11.8. The second-order valence-electron chi connectivity index (χ2n) is 8.69. The molecule has 0 radical (unpaired) electrons. The van der Waals surface area contributed by atoms with Crippen LogP contribution in [-0.4, -0.2) is 19.1 Å². The SMILES string of the molecule is CCCCCCCCCCCCCCCCCC1Nc2ccccc2N1S(=O)(=O)O. The van der Waals surface area contributed by atoms with E-state index in [2.05, 4.69) is 12.2 Å². The molecule has 1 aromatic carbocycles. The van der Waals surface area contributed by atoms with Crippen LogP contribution < -0.4 is 9.62 Å². The van der Waals surface area contributed by atoms with E-state index in [9.17, 15) is 13.0 Å². The summed E-state index contributed by atoms with van der Waals surface area (Å²) in [5, 5.41) is 3.23. The van der Waals surface area contributed by atoms with E-state index in [0.717, 1.165) is 22.8 Å². The zero-order valence-corrected chi connectivity index (χ0v) is 19.6. The molecule has 1 atom stereocenters. The summed E-state index contributed by atoms with van der Waals surface area (Å²) in [5.74, 6) is 0. The lowest BCUT2D eigenvalue weighted by Gasteiger charge is -2.23. The highest BCUT2D eigenvalue weighted by Crippen LogP contribution is 2.37. The van der Waals surface area contributed by atoms with Gasteiger partial charge in [0, 0.05) is 0 Å². The van der Waals surface area contributed by atoms with Crippen molar-refractivity contribution >= 4 is 21.7 Å². The van der Waals surface area contributed by atoms with Crippen LogP contribution in [0.4, 0.5) is 11.4 Å². The number of nitrogens with zero attached hydrogens (tertiary/aromatic N) is 1.